The number of rotatable bonds is 4. The first-order valence-electron chi connectivity index (χ1n) is 5.31. The van der Waals surface area contributed by atoms with E-state index in [0.29, 0.717) is 0 Å². The van der Waals surface area contributed by atoms with Gasteiger partial charge in [0.15, 0.2) is 14.9 Å². The zero-order valence-electron chi connectivity index (χ0n) is 10.3. The Morgan fingerprint density at radius 1 is 1.00 bits per heavy atom. The zero-order valence-corrected chi connectivity index (χ0v) is 12.0. The van der Waals surface area contributed by atoms with Gasteiger partial charge in [-0.05, 0) is 12.1 Å². The third-order valence-electron chi connectivity index (χ3n) is 2.20. The smallest absolute Gasteiger partial charge is 0.240 e. The first-order chi connectivity index (χ1) is 9.29. The van der Waals surface area contributed by atoms with Crippen molar-refractivity contribution in [3.05, 3.63) is 36.5 Å². The average Bonchev–Trinajstić information content (AvgIpc) is 2.38. The van der Waals surface area contributed by atoms with Crippen LogP contribution in [-0.4, -0.2) is 43.0 Å². The second-order valence-electron chi connectivity index (χ2n) is 3.87. The van der Waals surface area contributed by atoms with Crippen molar-refractivity contribution < 1.29 is 16.8 Å². The fourth-order valence-corrected chi connectivity index (χ4v) is 2.97. The van der Waals surface area contributed by atoms with Gasteiger partial charge in [-0.25, -0.2) is 36.8 Å². The van der Waals surface area contributed by atoms with Crippen molar-refractivity contribution in [3.8, 4) is 0 Å². The molecule has 0 saturated heterocycles. The van der Waals surface area contributed by atoms with Crippen LogP contribution in [0.4, 0.5) is 0 Å². The predicted octanol–water partition coefficient (Wildman–Crippen LogP) is -0.356. The maximum Gasteiger partial charge on any atom is 0.247 e. The van der Waals surface area contributed by atoms with Gasteiger partial charge in [0, 0.05) is 24.8 Å². The second kappa shape index (κ2) is 5.21. The standard InChI is InChI=1S/C10H10N4O4S2/c1-19(15,16)9-3-6-11-8(14-9)7-20(17,18)10-12-4-2-5-13-10/h2-6H,7H2,1H3. The van der Waals surface area contributed by atoms with Gasteiger partial charge < -0.3 is 0 Å². The third kappa shape index (κ3) is 3.33. The van der Waals surface area contributed by atoms with E-state index in [9.17, 15) is 16.8 Å². The van der Waals surface area contributed by atoms with E-state index in [1.165, 1.54) is 30.7 Å². The maximum absolute atomic E-state index is 12.0. The van der Waals surface area contributed by atoms with E-state index in [2.05, 4.69) is 19.9 Å². The molecule has 0 aliphatic rings. The van der Waals surface area contributed by atoms with Gasteiger partial charge in [-0.15, -0.1) is 0 Å². The van der Waals surface area contributed by atoms with Crippen molar-refractivity contribution in [2.75, 3.05) is 6.26 Å². The monoisotopic (exact) mass is 314 g/mol. The van der Waals surface area contributed by atoms with Gasteiger partial charge in [-0.1, -0.05) is 0 Å². The van der Waals surface area contributed by atoms with Crippen LogP contribution < -0.4 is 0 Å². The SMILES string of the molecule is CS(=O)(=O)c1ccnc(CS(=O)(=O)c2ncccn2)n1. The third-order valence-corrected chi connectivity index (χ3v) is 4.59. The van der Waals surface area contributed by atoms with Crippen LogP contribution in [0.1, 0.15) is 5.82 Å². The fraction of sp³-hybridized carbons (Fsp3) is 0.200. The molecule has 0 spiro atoms. The van der Waals surface area contributed by atoms with E-state index in [1.54, 1.807) is 0 Å². The van der Waals surface area contributed by atoms with Crippen molar-refractivity contribution in [3.63, 3.8) is 0 Å². The molecule has 0 N–H and O–H groups in total. The highest BCUT2D eigenvalue weighted by Gasteiger charge is 2.21. The van der Waals surface area contributed by atoms with Gasteiger partial charge in [-0.3, -0.25) is 0 Å². The molecule has 0 unspecified atom stereocenters. The summed E-state index contributed by atoms with van der Waals surface area (Å²) < 4.78 is 46.7. The Bertz CT molecular complexity index is 819. The molecule has 20 heavy (non-hydrogen) atoms. The summed E-state index contributed by atoms with van der Waals surface area (Å²) >= 11 is 0. The van der Waals surface area contributed by atoms with Gasteiger partial charge >= 0.3 is 0 Å². The minimum atomic E-state index is -3.82. The lowest BCUT2D eigenvalue weighted by molar-refractivity contribution is 0.582. The average molecular weight is 314 g/mol. The summed E-state index contributed by atoms with van der Waals surface area (Å²) in [5.41, 5.74) is 0. The van der Waals surface area contributed by atoms with E-state index in [-0.39, 0.29) is 16.0 Å². The highest BCUT2D eigenvalue weighted by Crippen LogP contribution is 2.11. The summed E-state index contributed by atoms with van der Waals surface area (Å²) in [6.45, 7) is 0. The van der Waals surface area contributed by atoms with E-state index in [4.69, 9.17) is 0 Å². The molecule has 0 radical (unpaired) electrons. The molecule has 0 aliphatic heterocycles. The molecule has 8 nitrogen and oxygen atoms in total. The molecule has 0 atom stereocenters. The Kier molecular flexibility index (Phi) is 3.77. The molecule has 2 aromatic heterocycles. The zero-order chi connectivity index (χ0) is 14.8. The van der Waals surface area contributed by atoms with Crippen LogP contribution in [0, 0.1) is 0 Å². The quantitative estimate of drug-likeness (QED) is 0.554. The predicted molar refractivity (Wildman–Crippen MR) is 68.1 cm³/mol. The Morgan fingerprint density at radius 3 is 2.25 bits per heavy atom. The summed E-state index contributed by atoms with van der Waals surface area (Å²) in [4.78, 5) is 14.8. The minimum Gasteiger partial charge on any atom is -0.240 e. The summed E-state index contributed by atoms with van der Waals surface area (Å²) in [5, 5.41) is -0.583. The van der Waals surface area contributed by atoms with E-state index < -0.39 is 25.4 Å². The Hall–Kier alpha value is -1.94. The summed E-state index contributed by atoms with van der Waals surface area (Å²) in [6.07, 6.45) is 4.77. The molecule has 106 valence electrons. The summed E-state index contributed by atoms with van der Waals surface area (Å²) in [6, 6.07) is 2.68. The summed E-state index contributed by atoms with van der Waals surface area (Å²) in [5.74, 6) is -0.694. The van der Waals surface area contributed by atoms with Crippen LogP contribution in [0.15, 0.2) is 40.9 Å². The number of sulfone groups is 2. The molecule has 0 amide bonds. The lowest BCUT2D eigenvalue weighted by atomic mass is 10.6. The molecule has 0 aliphatic carbocycles. The summed E-state index contributed by atoms with van der Waals surface area (Å²) in [7, 11) is -7.34. The van der Waals surface area contributed by atoms with Gasteiger partial charge in [0.25, 0.3) is 0 Å². The molecule has 10 heteroatoms. The normalized spacial score (nSPS) is 12.2. The van der Waals surface area contributed by atoms with Crippen LogP contribution in [-0.2, 0) is 25.4 Å². The molecule has 0 aromatic carbocycles. The molecule has 0 saturated carbocycles. The molecule has 0 fully saturated rings. The van der Waals surface area contributed by atoms with Crippen LogP contribution in [0.5, 0.6) is 0 Å². The Morgan fingerprint density at radius 2 is 1.65 bits per heavy atom. The Balaban J connectivity index is 2.36. The maximum atomic E-state index is 12.0. The molecular weight excluding hydrogens is 304 g/mol. The second-order valence-corrected chi connectivity index (χ2v) is 7.72. The van der Waals surface area contributed by atoms with E-state index in [0.717, 1.165) is 6.26 Å². The van der Waals surface area contributed by atoms with Crippen molar-refractivity contribution in [1.82, 2.24) is 19.9 Å². The largest absolute Gasteiger partial charge is 0.247 e. The highest BCUT2D eigenvalue weighted by molar-refractivity contribution is 7.90. The molecule has 2 heterocycles. The minimum absolute atomic E-state index is 0.125. The molecular formula is C10H10N4O4S2. The molecule has 0 bridgehead atoms. The Labute approximate surface area is 115 Å². The first-order valence-corrected chi connectivity index (χ1v) is 8.85. The van der Waals surface area contributed by atoms with Crippen molar-refractivity contribution in [2.45, 2.75) is 15.9 Å². The van der Waals surface area contributed by atoms with Crippen molar-refractivity contribution in [1.29, 1.82) is 0 Å². The number of aromatic nitrogens is 4. The van der Waals surface area contributed by atoms with Gasteiger partial charge in [0.2, 0.25) is 15.0 Å². The van der Waals surface area contributed by atoms with Crippen LogP contribution in [0.3, 0.4) is 0 Å². The lowest BCUT2D eigenvalue weighted by Crippen LogP contribution is -2.12. The first kappa shape index (κ1) is 14.5. The highest BCUT2D eigenvalue weighted by atomic mass is 32.2. The molecule has 2 aromatic rings. The molecule has 2 rings (SSSR count). The van der Waals surface area contributed by atoms with Gasteiger partial charge in [-0.2, -0.15) is 0 Å². The number of hydrogen-bond donors (Lipinski definition) is 0. The van der Waals surface area contributed by atoms with Crippen molar-refractivity contribution in [2.24, 2.45) is 0 Å². The topological polar surface area (TPSA) is 120 Å². The van der Waals surface area contributed by atoms with Crippen LogP contribution in [0.25, 0.3) is 0 Å². The van der Waals surface area contributed by atoms with Gasteiger partial charge in [0.05, 0.1) is 0 Å². The number of hydrogen-bond acceptors (Lipinski definition) is 8. The van der Waals surface area contributed by atoms with Crippen LogP contribution in [0.2, 0.25) is 0 Å². The van der Waals surface area contributed by atoms with Crippen molar-refractivity contribution >= 4 is 19.7 Å². The fourth-order valence-electron chi connectivity index (χ4n) is 1.34. The van der Waals surface area contributed by atoms with E-state index >= 15 is 0 Å². The number of nitrogens with zero attached hydrogens (tertiary/aromatic N) is 4. The lowest BCUT2D eigenvalue weighted by Gasteiger charge is -2.03. The van der Waals surface area contributed by atoms with Gasteiger partial charge in [0.1, 0.15) is 11.6 Å². The van der Waals surface area contributed by atoms with Crippen LogP contribution >= 0.6 is 0 Å². The van der Waals surface area contributed by atoms with E-state index in [1.807, 2.05) is 0 Å².